The fourth-order valence-electron chi connectivity index (χ4n) is 1.26. The molecule has 5 nitrogen and oxygen atoms in total. The zero-order valence-electron chi connectivity index (χ0n) is 10.4. The lowest BCUT2D eigenvalue weighted by molar-refractivity contribution is 0.252. The number of anilines is 1. The average molecular weight is 247 g/mol. The van der Waals surface area contributed by atoms with Gasteiger partial charge in [-0.15, -0.1) is 0 Å². The molecular weight excluding hydrogens is 230 g/mol. The van der Waals surface area contributed by atoms with E-state index in [-0.39, 0.29) is 12.6 Å². The molecule has 1 aromatic heterocycles. The van der Waals surface area contributed by atoms with Gasteiger partial charge < -0.3 is 10.4 Å². The van der Waals surface area contributed by atoms with Crippen LogP contribution in [0.2, 0.25) is 0 Å². The first-order valence-electron chi connectivity index (χ1n) is 5.87. The molecule has 0 fully saturated rings. The molecule has 0 unspecified atom stereocenters. The van der Waals surface area contributed by atoms with Gasteiger partial charge in [0, 0.05) is 18.3 Å². The van der Waals surface area contributed by atoms with E-state index in [0.29, 0.717) is 17.9 Å². The Morgan fingerprint density at radius 2 is 2.39 bits per heavy atom. The number of carbonyl (C=O) groups is 1. The number of amides is 2. The molecule has 0 aliphatic carbocycles. The fourth-order valence-corrected chi connectivity index (χ4v) is 1.26. The summed E-state index contributed by atoms with van der Waals surface area (Å²) in [6.07, 6.45) is 3.54. The summed E-state index contributed by atoms with van der Waals surface area (Å²) in [5, 5.41) is 13.9. The summed E-state index contributed by atoms with van der Waals surface area (Å²) in [6.45, 7) is 2.51. The Morgan fingerprint density at radius 3 is 3.11 bits per heavy atom. The van der Waals surface area contributed by atoms with E-state index in [4.69, 9.17) is 5.11 Å². The first-order valence-corrected chi connectivity index (χ1v) is 5.87. The third kappa shape index (κ3) is 5.32. The molecule has 0 bridgehead atoms. The molecule has 0 radical (unpaired) electrons. The molecule has 0 spiro atoms. The molecular formula is C13H17N3O2. The molecule has 2 amide bonds. The van der Waals surface area contributed by atoms with Crippen LogP contribution in [-0.2, 0) is 0 Å². The molecule has 96 valence electrons. The van der Waals surface area contributed by atoms with Crippen molar-refractivity contribution in [2.75, 3.05) is 18.5 Å². The van der Waals surface area contributed by atoms with Crippen molar-refractivity contribution in [2.24, 2.45) is 0 Å². The Labute approximate surface area is 107 Å². The van der Waals surface area contributed by atoms with Crippen molar-refractivity contribution < 1.29 is 9.90 Å². The number of aromatic nitrogens is 1. The van der Waals surface area contributed by atoms with Crippen LogP contribution >= 0.6 is 0 Å². The van der Waals surface area contributed by atoms with E-state index in [9.17, 15) is 4.79 Å². The number of urea groups is 1. The van der Waals surface area contributed by atoms with Gasteiger partial charge in [0.1, 0.15) is 12.4 Å². The number of aliphatic hydroxyl groups excluding tert-OH is 1. The van der Waals surface area contributed by atoms with Crippen molar-refractivity contribution in [1.82, 2.24) is 10.3 Å². The lowest BCUT2D eigenvalue weighted by Crippen LogP contribution is -2.29. The molecule has 0 saturated carbocycles. The molecule has 18 heavy (non-hydrogen) atoms. The lowest BCUT2D eigenvalue weighted by Gasteiger charge is -2.06. The summed E-state index contributed by atoms with van der Waals surface area (Å²) < 4.78 is 0. The quantitative estimate of drug-likeness (QED) is 0.555. The minimum atomic E-state index is -0.275. The molecule has 5 heteroatoms. The summed E-state index contributed by atoms with van der Waals surface area (Å²) in [7, 11) is 0. The lowest BCUT2D eigenvalue weighted by atomic mass is 10.2. The first kappa shape index (κ1) is 14.0. The van der Waals surface area contributed by atoms with Crippen LogP contribution in [0.5, 0.6) is 0 Å². The maximum atomic E-state index is 11.5. The minimum absolute atomic E-state index is 0.192. The predicted octanol–water partition coefficient (Wildman–Crippen LogP) is 1.35. The van der Waals surface area contributed by atoms with E-state index < -0.39 is 0 Å². The zero-order valence-corrected chi connectivity index (χ0v) is 10.4. The van der Waals surface area contributed by atoms with Gasteiger partial charge in [0.15, 0.2) is 0 Å². The number of rotatable bonds is 4. The van der Waals surface area contributed by atoms with Crippen LogP contribution in [-0.4, -0.2) is 29.3 Å². The van der Waals surface area contributed by atoms with E-state index in [2.05, 4.69) is 34.4 Å². The molecule has 3 N–H and O–H groups in total. The number of nitrogens with zero attached hydrogens (tertiary/aromatic N) is 1. The van der Waals surface area contributed by atoms with Crippen LogP contribution < -0.4 is 10.6 Å². The summed E-state index contributed by atoms with van der Waals surface area (Å²) in [6, 6.07) is 3.09. The Kier molecular flexibility index (Phi) is 6.30. The van der Waals surface area contributed by atoms with E-state index in [1.54, 1.807) is 18.3 Å². The van der Waals surface area contributed by atoms with Gasteiger partial charge in [-0.3, -0.25) is 5.32 Å². The van der Waals surface area contributed by atoms with Crippen LogP contribution in [0.3, 0.4) is 0 Å². The van der Waals surface area contributed by atoms with E-state index in [0.717, 1.165) is 12.8 Å². The van der Waals surface area contributed by atoms with Crippen molar-refractivity contribution in [2.45, 2.75) is 19.8 Å². The van der Waals surface area contributed by atoms with Gasteiger partial charge >= 0.3 is 6.03 Å². The normalized spacial score (nSPS) is 9.22. The average Bonchev–Trinajstić information content (AvgIpc) is 2.37. The van der Waals surface area contributed by atoms with Crippen molar-refractivity contribution in [3.63, 3.8) is 0 Å². The smallest absolute Gasteiger partial charge is 0.320 e. The fraction of sp³-hybridized carbons (Fsp3) is 0.385. The van der Waals surface area contributed by atoms with E-state index >= 15 is 0 Å². The summed E-state index contributed by atoms with van der Waals surface area (Å²) in [5.74, 6) is 5.72. The molecule has 1 heterocycles. The number of carbonyl (C=O) groups excluding carboxylic acids is 1. The third-order valence-electron chi connectivity index (χ3n) is 2.13. The second-order valence-electron chi connectivity index (χ2n) is 3.62. The van der Waals surface area contributed by atoms with Crippen LogP contribution in [0.4, 0.5) is 10.6 Å². The Morgan fingerprint density at radius 1 is 1.56 bits per heavy atom. The van der Waals surface area contributed by atoms with Crippen LogP contribution in [0.15, 0.2) is 18.3 Å². The molecule has 1 aromatic rings. The highest BCUT2D eigenvalue weighted by Gasteiger charge is 2.01. The Bertz CT molecular complexity index is 449. The molecule has 0 aliphatic heterocycles. The number of nitrogens with one attached hydrogen (secondary N) is 2. The second-order valence-corrected chi connectivity index (χ2v) is 3.62. The highest BCUT2D eigenvalue weighted by Crippen LogP contribution is 2.05. The zero-order chi connectivity index (χ0) is 13.2. The van der Waals surface area contributed by atoms with Gasteiger partial charge in [-0.2, -0.15) is 0 Å². The van der Waals surface area contributed by atoms with Gasteiger partial charge in [0.05, 0.1) is 0 Å². The summed E-state index contributed by atoms with van der Waals surface area (Å²) >= 11 is 0. The molecule has 0 aliphatic rings. The standard InChI is InChI=1S/C13H17N3O2/c1-2-3-7-15-13(18)16-12-10-11(5-4-9-17)6-8-14-12/h6,8,10,17H,2-3,7,9H2,1H3,(H2,14,15,16,18). The number of hydrogen-bond donors (Lipinski definition) is 3. The van der Waals surface area contributed by atoms with Gasteiger partial charge in [0.25, 0.3) is 0 Å². The number of pyridine rings is 1. The summed E-state index contributed by atoms with van der Waals surface area (Å²) in [5.41, 5.74) is 0.697. The molecule has 0 atom stereocenters. The maximum Gasteiger partial charge on any atom is 0.320 e. The number of hydrogen-bond acceptors (Lipinski definition) is 3. The van der Waals surface area contributed by atoms with Crippen LogP contribution in [0, 0.1) is 11.8 Å². The topological polar surface area (TPSA) is 74.2 Å². The van der Waals surface area contributed by atoms with Crippen LogP contribution in [0.25, 0.3) is 0 Å². The Balaban J connectivity index is 2.53. The second kappa shape index (κ2) is 8.09. The van der Waals surface area contributed by atoms with Crippen molar-refractivity contribution in [1.29, 1.82) is 0 Å². The van der Waals surface area contributed by atoms with Gasteiger partial charge in [-0.1, -0.05) is 25.2 Å². The van der Waals surface area contributed by atoms with Gasteiger partial charge in [0.2, 0.25) is 0 Å². The van der Waals surface area contributed by atoms with E-state index in [1.807, 2.05) is 0 Å². The van der Waals surface area contributed by atoms with Gasteiger partial charge in [-0.25, -0.2) is 9.78 Å². The monoisotopic (exact) mass is 247 g/mol. The van der Waals surface area contributed by atoms with Gasteiger partial charge in [-0.05, 0) is 18.6 Å². The molecule has 0 aromatic carbocycles. The summed E-state index contributed by atoms with van der Waals surface area (Å²) in [4.78, 5) is 15.5. The highest BCUT2D eigenvalue weighted by molar-refractivity contribution is 5.88. The maximum absolute atomic E-state index is 11.5. The SMILES string of the molecule is CCCCNC(=O)Nc1cc(C#CCO)ccn1. The number of aliphatic hydroxyl groups is 1. The number of unbranched alkanes of at least 4 members (excludes halogenated alkanes) is 1. The molecule has 1 rings (SSSR count). The first-order chi connectivity index (χ1) is 8.76. The van der Waals surface area contributed by atoms with Crippen molar-refractivity contribution in [3.05, 3.63) is 23.9 Å². The minimum Gasteiger partial charge on any atom is -0.384 e. The molecule has 0 saturated heterocycles. The largest absolute Gasteiger partial charge is 0.384 e. The van der Waals surface area contributed by atoms with Crippen molar-refractivity contribution >= 4 is 11.8 Å². The van der Waals surface area contributed by atoms with Crippen LogP contribution in [0.1, 0.15) is 25.3 Å². The van der Waals surface area contributed by atoms with Crippen molar-refractivity contribution in [3.8, 4) is 11.8 Å². The highest BCUT2D eigenvalue weighted by atomic mass is 16.2. The third-order valence-corrected chi connectivity index (χ3v) is 2.13. The van der Waals surface area contributed by atoms with E-state index in [1.165, 1.54) is 0 Å². The Hall–Kier alpha value is -2.06. The predicted molar refractivity (Wildman–Crippen MR) is 70.1 cm³/mol.